The number of hydrogen-bond donors (Lipinski definition) is 1. The summed E-state index contributed by atoms with van der Waals surface area (Å²) in [6.07, 6.45) is 5.12. The van der Waals surface area contributed by atoms with Crippen molar-refractivity contribution < 1.29 is 9.15 Å². The van der Waals surface area contributed by atoms with E-state index >= 15 is 0 Å². The second-order valence-corrected chi connectivity index (χ2v) is 5.73. The maximum Gasteiger partial charge on any atom is 0.129 e. The monoisotopic (exact) mass is 285 g/mol. The topological polar surface area (TPSA) is 34.4 Å². The molecule has 1 N–H and O–H groups in total. The molecule has 1 unspecified atom stereocenters. The molecule has 0 bridgehead atoms. The largest absolute Gasteiger partial charge is 0.467 e. The molecule has 0 radical (unpaired) electrons. The second-order valence-electron chi connectivity index (χ2n) is 5.73. The highest BCUT2D eigenvalue weighted by molar-refractivity contribution is 5.37. The average Bonchev–Trinajstić information content (AvgIpc) is 3.12. The quantitative estimate of drug-likeness (QED) is 0.786. The molecule has 0 saturated heterocycles. The van der Waals surface area contributed by atoms with Gasteiger partial charge in [-0.2, -0.15) is 0 Å². The van der Waals surface area contributed by atoms with E-state index in [2.05, 4.69) is 30.4 Å². The Labute approximate surface area is 126 Å². The first kappa shape index (κ1) is 14.4. The summed E-state index contributed by atoms with van der Waals surface area (Å²) in [6, 6.07) is 11.2. The first-order valence-electron chi connectivity index (χ1n) is 7.76. The smallest absolute Gasteiger partial charge is 0.129 e. The number of furan rings is 1. The Bertz CT molecular complexity index is 563. The van der Waals surface area contributed by atoms with Crippen LogP contribution in [0.3, 0.4) is 0 Å². The lowest BCUT2D eigenvalue weighted by Crippen LogP contribution is -2.21. The molecule has 1 heterocycles. The minimum Gasteiger partial charge on any atom is -0.467 e. The van der Waals surface area contributed by atoms with Gasteiger partial charge in [-0.05, 0) is 56.0 Å². The lowest BCUT2D eigenvalue weighted by molar-refractivity contribution is 0.103. The van der Waals surface area contributed by atoms with E-state index in [9.17, 15) is 0 Å². The van der Waals surface area contributed by atoms with Crippen molar-refractivity contribution in [3.8, 4) is 0 Å². The van der Waals surface area contributed by atoms with Crippen LogP contribution in [-0.4, -0.2) is 13.2 Å². The predicted octanol–water partition coefficient (Wildman–Crippen LogP) is 3.77. The molecule has 1 aliphatic rings. The molecule has 1 atom stereocenters. The lowest BCUT2D eigenvalue weighted by Gasteiger charge is -2.14. The molecule has 1 aliphatic carbocycles. The Morgan fingerprint density at radius 2 is 2.29 bits per heavy atom. The number of benzene rings is 1. The number of rotatable bonds is 7. The van der Waals surface area contributed by atoms with Crippen molar-refractivity contribution >= 4 is 0 Å². The molecular weight excluding hydrogens is 262 g/mol. The highest BCUT2D eigenvalue weighted by Crippen LogP contribution is 2.31. The first-order valence-corrected chi connectivity index (χ1v) is 7.76. The molecule has 2 aromatic rings. The summed E-state index contributed by atoms with van der Waals surface area (Å²) >= 11 is 0. The molecule has 21 heavy (non-hydrogen) atoms. The van der Waals surface area contributed by atoms with E-state index in [4.69, 9.17) is 9.15 Å². The van der Waals surface area contributed by atoms with Crippen molar-refractivity contribution in [2.24, 2.45) is 0 Å². The third-order valence-electron chi connectivity index (χ3n) is 4.06. The van der Waals surface area contributed by atoms with E-state index in [1.165, 1.54) is 29.5 Å². The Morgan fingerprint density at radius 3 is 3.14 bits per heavy atom. The first-order chi connectivity index (χ1) is 10.3. The molecule has 1 aromatic carbocycles. The van der Waals surface area contributed by atoms with Gasteiger partial charge in [-0.3, -0.25) is 0 Å². The Balaban J connectivity index is 1.36. The van der Waals surface area contributed by atoms with E-state index in [0.717, 1.165) is 25.3 Å². The van der Waals surface area contributed by atoms with Gasteiger partial charge in [0.2, 0.25) is 0 Å². The molecule has 0 saturated carbocycles. The zero-order valence-corrected chi connectivity index (χ0v) is 12.6. The standard InChI is InChI=1S/C18H23NO2/c1-14-5-6-15-7-8-18(17(15)12-14)19-9-3-10-20-13-16-4-2-11-21-16/h2,4-6,11-12,18-19H,3,7-10,13H2,1H3. The summed E-state index contributed by atoms with van der Waals surface area (Å²) in [4.78, 5) is 0. The maximum absolute atomic E-state index is 5.60. The van der Waals surface area contributed by atoms with Crippen LogP contribution in [-0.2, 0) is 17.8 Å². The van der Waals surface area contributed by atoms with Gasteiger partial charge in [-0.25, -0.2) is 0 Å². The van der Waals surface area contributed by atoms with Crippen LogP contribution in [0.4, 0.5) is 0 Å². The number of aryl methyl sites for hydroxylation is 2. The highest BCUT2D eigenvalue weighted by atomic mass is 16.5. The van der Waals surface area contributed by atoms with Crippen LogP contribution in [0, 0.1) is 6.92 Å². The maximum atomic E-state index is 5.60. The predicted molar refractivity (Wildman–Crippen MR) is 83.2 cm³/mol. The van der Waals surface area contributed by atoms with Gasteiger partial charge in [0, 0.05) is 12.6 Å². The van der Waals surface area contributed by atoms with Crippen molar-refractivity contribution in [2.75, 3.05) is 13.2 Å². The summed E-state index contributed by atoms with van der Waals surface area (Å²) in [7, 11) is 0. The van der Waals surface area contributed by atoms with Gasteiger partial charge in [-0.15, -0.1) is 0 Å². The van der Waals surface area contributed by atoms with Gasteiger partial charge in [0.05, 0.1) is 6.26 Å². The van der Waals surface area contributed by atoms with E-state index < -0.39 is 0 Å². The fourth-order valence-corrected chi connectivity index (χ4v) is 2.95. The summed E-state index contributed by atoms with van der Waals surface area (Å²) in [5, 5.41) is 3.66. The van der Waals surface area contributed by atoms with Crippen LogP contribution in [0.25, 0.3) is 0 Å². The molecule has 3 heteroatoms. The summed E-state index contributed by atoms with van der Waals surface area (Å²) in [5.41, 5.74) is 4.35. The van der Waals surface area contributed by atoms with Gasteiger partial charge in [0.25, 0.3) is 0 Å². The van der Waals surface area contributed by atoms with Crippen molar-refractivity contribution in [2.45, 2.75) is 38.8 Å². The van der Waals surface area contributed by atoms with Crippen LogP contribution in [0.5, 0.6) is 0 Å². The summed E-state index contributed by atoms with van der Waals surface area (Å²) < 4.78 is 10.8. The number of fused-ring (bicyclic) bond motifs is 1. The second kappa shape index (κ2) is 6.92. The van der Waals surface area contributed by atoms with Gasteiger partial charge in [0.1, 0.15) is 12.4 Å². The fraction of sp³-hybridized carbons (Fsp3) is 0.444. The van der Waals surface area contributed by atoms with Gasteiger partial charge < -0.3 is 14.5 Å². The van der Waals surface area contributed by atoms with Crippen molar-refractivity contribution in [3.05, 3.63) is 59.0 Å². The average molecular weight is 285 g/mol. The lowest BCUT2D eigenvalue weighted by atomic mass is 10.1. The Kier molecular flexibility index (Phi) is 4.73. The van der Waals surface area contributed by atoms with Crippen molar-refractivity contribution in [3.63, 3.8) is 0 Å². The van der Waals surface area contributed by atoms with Crippen molar-refractivity contribution in [1.82, 2.24) is 5.32 Å². The molecule has 1 aromatic heterocycles. The molecule has 112 valence electrons. The molecule has 3 rings (SSSR count). The summed E-state index contributed by atoms with van der Waals surface area (Å²) in [6.45, 7) is 4.49. The van der Waals surface area contributed by atoms with Crippen LogP contribution in [0.1, 0.15) is 41.3 Å². The molecule has 3 nitrogen and oxygen atoms in total. The number of nitrogens with one attached hydrogen (secondary N) is 1. The van der Waals surface area contributed by atoms with Gasteiger partial charge in [-0.1, -0.05) is 23.8 Å². The normalized spacial score (nSPS) is 17.1. The molecule has 0 amide bonds. The summed E-state index contributed by atoms with van der Waals surface area (Å²) in [5.74, 6) is 0.892. The van der Waals surface area contributed by atoms with Gasteiger partial charge in [0.15, 0.2) is 0 Å². The fourth-order valence-electron chi connectivity index (χ4n) is 2.95. The number of hydrogen-bond acceptors (Lipinski definition) is 3. The highest BCUT2D eigenvalue weighted by Gasteiger charge is 2.21. The van der Waals surface area contributed by atoms with Crippen LogP contribution < -0.4 is 5.32 Å². The molecule has 0 fully saturated rings. The Morgan fingerprint density at radius 1 is 1.33 bits per heavy atom. The third kappa shape index (κ3) is 3.74. The molecule has 0 aliphatic heterocycles. The van der Waals surface area contributed by atoms with E-state index in [0.29, 0.717) is 12.6 Å². The molecule has 0 spiro atoms. The third-order valence-corrected chi connectivity index (χ3v) is 4.06. The number of ether oxygens (including phenoxy) is 1. The Hall–Kier alpha value is -1.58. The van der Waals surface area contributed by atoms with Crippen LogP contribution in [0.2, 0.25) is 0 Å². The SMILES string of the molecule is Cc1ccc2c(c1)C(NCCCOCc1ccco1)CC2. The molecular formula is C18H23NO2. The van der Waals surface area contributed by atoms with E-state index in [-0.39, 0.29) is 0 Å². The minimum absolute atomic E-state index is 0.518. The minimum atomic E-state index is 0.518. The van der Waals surface area contributed by atoms with Crippen LogP contribution >= 0.6 is 0 Å². The zero-order chi connectivity index (χ0) is 14.5. The van der Waals surface area contributed by atoms with Gasteiger partial charge >= 0.3 is 0 Å². The van der Waals surface area contributed by atoms with Crippen LogP contribution in [0.15, 0.2) is 41.0 Å². The van der Waals surface area contributed by atoms with E-state index in [1.807, 2.05) is 12.1 Å². The van der Waals surface area contributed by atoms with E-state index in [1.54, 1.807) is 6.26 Å². The zero-order valence-electron chi connectivity index (χ0n) is 12.6. The van der Waals surface area contributed by atoms with Crippen molar-refractivity contribution in [1.29, 1.82) is 0 Å².